The van der Waals surface area contributed by atoms with E-state index in [0.717, 1.165) is 48.7 Å². The van der Waals surface area contributed by atoms with E-state index in [0.29, 0.717) is 25.0 Å². The molecule has 3 aliphatic heterocycles. The largest absolute Gasteiger partial charge is 0.366 e. The molecule has 6 rings (SSSR count). The van der Waals surface area contributed by atoms with Crippen molar-refractivity contribution in [2.45, 2.75) is 25.9 Å². The van der Waals surface area contributed by atoms with Gasteiger partial charge in [-0.15, -0.1) is 0 Å². The second-order valence-corrected chi connectivity index (χ2v) is 8.24. The van der Waals surface area contributed by atoms with Crippen molar-refractivity contribution in [1.29, 1.82) is 0 Å². The van der Waals surface area contributed by atoms with E-state index in [1.807, 2.05) is 6.07 Å². The molecule has 0 spiro atoms. The molecule has 3 aliphatic rings. The zero-order chi connectivity index (χ0) is 20.5. The number of benzene rings is 2. The molecule has 1 fully saturated rings. The quantitative estimate of drug-likeness (QED) is 0.616. The van der Waals surface area contributed by atoms with Crippen molar-refractivity contribution in [2.24, 2.45) is 0 Å². The van der Waals surface area contributed by atoms with Gasteiger partial charge in [0.15, 0.2) is 0 Å². The third kappa shape index (κ3) is 4.00. The summed E-state index contributed by atoms with van der Waals surface area (Å²) in [5.41, 5.74) is 5.24. The first kappa shape index (κ1) is 19.0. The summed E-state index contributed by atoms with van der Waals surface area (Å²) < 4.78 is 14.4. The standard InChI is InChI=1S/C24H26FN5/c1-17-15-29-9-10-30(17)22-13-18(12-21(25)14-22)5-7-26-24-27-8-6-23(28-24)20-4-2-3-19(11-20)16-29/h2-4,6,8,11-14,17H,5,7,9-10,15-16H2,1H3,(H,26,27,28)/t17-/m0/s1. The van der Waals surface area contributed by atoms with E-state index < -0.39 is 0 Å². The van der Waals surface area contributed by atoms with E-state index in [1.54, 1.807) is 18.3 Å². The Balaban J connectivity index is 1.52. The van der Waals surface area contributed by atoms with Gasteiger partial charge in [0.2, 0.25) is 5.95 Å². The normalized spacial score (nSPS) is 21.1. The van der Waals surface area contributed by atoms with Gasteiger partial charge in [-0.2, -0.15) is 0 Å². The lowest BCUT2D eigenvalue weighted by Gasteiger charge is -2.41. The van der Waals surface area contributed by atoms with E-state index >= 15 is 0 Å². The number of aromatic nitrogens is 2. The summed E-state index contributed by atoms with van der Waals surface area (Å²) in [5.74, 6) is 0.421. The predicted molar refractivity (Wildman–Crippen MR) is 118 cm³/mol. The van der Waals surface area contributed by atoms with Gasteiger partial charge in [0.05, 0.1) is 5.69 Å². The van der Waals surface area contributed by atoms with Crippen LogP contribution in [0.2, 0.25) is 0 Å². The van der Waals surface area contributed by atoms with Gasteiger partial charge in [0, 0.05) is 56.2 Å². The molecule has 30 heavy (non-hydrogen) atoms. The fraction of sp³-hybridized carbons (Fsp3) is 0.333. The van der Waals surface area contributed by atoms with Crippen molar-refractivity contribution in [2.75, 3.05) is 36.4 Å². The van der Waals surface area contributed by atoms with E-state index in [-0.39, 0.29) is 5.82 Å². The van der Waals surface area contributed by atoms with Crippen molar-refractivity contribution in [3.05, 3.63) is 71.7 Å². The Morgan fingerprint density at radius 2 is 2.00 bits per heavy atom. The Morgan fingerprint density at radius 3 is 2.90 bits per heavy atom. The molecule has 4 heterocycles. The van der Waals surface area contributed by atoms with Crippen molar-refractivity contribution in [1.82, 2.24) is 14.9 Å². The van der Waals surface area contributed by atoms with Gasteiger partial charge >= 0.3 is 0 Å². The molecule has 1 unspecified atom stereocenters. The molecule has 5 nitrogen and oxygen atoms in total. The molecule has 2 aromatic carbocycles. The lowest BCUT2D eigenvalue weighted by molar-refractivity contribution is 0.221. The van der Waals surface area contributed by atoms with Gasteiger partial charge < -0.3 is 10.2 Å². The lowest BCUT2D eigenvalue weighted by Crippen LogP contribution is -2.51. The number of hydrogen-bond acceptors (Lipinski definition) is 5. The second kappa shape index (κ2) is 8.03. The first-order valence-electron chi connectivity index (χ1n) is 10.6. The fourth-order valence-corrected chi connectivity index (χ4v) is 4.51. The Hall–Kier alpha value is -2.99. The number of hydrogen-bond donors (Lipinski definition) is 1. The Labute approximate surface area is 176 Å². The monoisotopic (exact) mass is 403 g/mol. The van der Waals surface area contributed by atoms with Crippen LogP contribution in [0, 0.1) is 5.82 Å². The highest BCUT2D eigenvalue weighted by Crippen LogP contribution is 2.26. The molecule has 1 N–H and O–H groups in total. The molecular weight excluding hydrogens is 377 g/mol. The van der Waals surface area contributed by atoms with Crippen molar-refractivity contribution < 1.29 is 4.39 Å². The van der Waals surface area contributed by atoms with Crippen LogP contribution in [-0.4, -0.2) is 47.1 Å². The summed E-state index contributed by atoms with van der Waals surface area (Å²) in [6.07, 6.45) is 2.49. The van der Waals surface area contributed by atoms with E-state index in [1.165, 1.54) is 5.56 Å². The summed E-state index contributed by atoms with van der Waals surface area (Å²) in [7, 11) is 0. The van der Waals surface area contributed by atoms with Crippen LogP contribution in [-0.2, 0) is 13.0 Å². The van der Waals surface area contributed by atoms with Gasteiger partial charge in [-0.25, -0.2) is 14.4 Å². The Morgan fingerprint density at radius 1 is 1.07 bits per heavy atom. The van der Waals surface area contributed by atoms with Gasteiger partial charge in [0.1, 0.15) is 5.82 Å². The number of fused-ring (bicyclic) bond motifs is 4. The molecule has 8 bridgehead atoms. The van der Waals surface area contributed by atoms with E-state index in [2.05, 4.69) is 62.3 Å². The smallest absolute Gasteiger partial charge is 0.223 e. The minimum absolute atomic E-state index is 0.177. The average molecular weight is 404 g/mol. The maximum absolute atomic E-state index is 14.4. The highest BCUT2D eigenvalue weighted by molar-refractivity contribution is 5.61. The summed E-state index contributed by atoms with van der Waals surface area (Å²) >= 11 is 0. The molecule has 3 aromatic rings. The van der Waals surface area contributed by atoms with Gasteiger partial charge in [-0.1, -0.05) is 18.2 Å². The van der Waals surface area contributed by atoms with Crippen LogP contribution >= 0.6 is 0 Å². The number of anilines is 2. The van der Waals surface area contributed by atoms with Crippen LogP contribution < -0.4 is 10.2 Å². The highest BCUT2D eigenvalue weighted by Gasteiger charge is 2.24. The molecule has 6 heteroatoms. The maximum Gasteiger partial charge on any atom is 0.223 e. The predicted octanol–water partition coefficient (Wildman–Crippen LogP) is 3.96. The number of nitrogens with zero attached hydrogens (tertiary/aromatic N) is 4. The van der Waals surface area contributed by atoms with Crippen LogP contribution in [0.3, 0.4) is 0 Å². The van der Waals surface area contributed by atoms with Crippen LogP contribution in [0.5, 0.6) is 0 Å². The van der Waals surface area contributed by atoms with Crippen LogP contribution in [0.4, 0.5) is 16.0 Å². The summed E-state index contributed by atoms with van der Waals surface area (Å²) in [4.78, 5) is 13.8. The summed E-state index contributed by atoms with van der Waals surface area (Å²) in [6, 6.07) is 16.3. The molecule has 2 atom stereocenters. The SMILES string of the molecule is C[C@H]1CN2CCN1c1cc(F)cc(c1)CCNc1nccc(n1)-c1cccc(c1)C2. The van der Waals surface area contributed by atoms with Crippen molar-refractivity contribution in [3.8, 4) is 11.3 Å². The van der Waals surface area contributed by atoms with Crippen LogP contribution in [0.15, 0.2) is 54.7 Å². The fourth-order valence-electron chi connectivity index (χ4n) is 4.51. The summed E-state index contributed by atoms with van der Waals surface area (Å²) in [5, 5.41) is 3.29. The number of rotatable bonds is 0. The maximum atomic E-state index is 14.4. The van der Waals surface area contributed by atoms with E-state index in [4.69, 9.17) is 0 Å². The molecule has 1 saturated heterocycles. The van der Waals surface area contributed by atoms with Crippen LogP contribution in [0.25, 0.3) is 11.3 Å². The van der Waals surface area contributed by atoms with Crippen LogP contribution in [0.1, 0.15) is 18.1 Å². The Kier molecular flexibility index (Phi) is 5.09. The third-order valence-corrected chi connectivity index (χ3v) is 5.97. The molecule has 0 radical (unpaired) electrons. The van der Waals surface area contributed by atoms with Gasteiger partial charge in [-0.3, -0.25) is 4.90 Å². The molecule has 0 amide bonds. The van der Waals surface area contributed by atoms with Gasteiger partial charge in [-0.05, 0) is 54.8 Å². The van der Waals surface area contributed by atoms with Crippen molar-refractivity contribution in [3.63, 3.8) is 0 Å². The minimum Gasteiger partial charge on any atom is -0.366 e. The lowest BCUT2D eigenvalue weighted by atomic mass is 10.1. The molecule has 0 saturated carbocycles. The molecule has 0 aliphatic carbocycles. The second-order valence-electron chi connectivity index (χ2n) is 8.24. The van der Waals surface area contributed by atoms with Crippen molar-refractivity contribution >= 4 is 11.6 Å². The zero-order valence-corrected chi connectivity index (χ0v) is 17.2. The summed E-state index contributed by atoms with van der Waals surface area (Å²) in [6.45, 7) is 6.58. The molecule has 154 valence electrons. The molecule has 1 aromatic heterocycles. The van der Waals surface area contributed by atoms with Gasteiger partial charge in [0.25, 0.3) is 0 Å². The first-order valence-corrected chi connectivity index (χ1v) is 10.6. The Bertz CT molecular complexity index is 1050. The highest BCUT2D eigenvalue weighted by atomic mass is 19.1. The first-order chi connectivity index (χ1) is 14.6. The topological polar surface area (TPSA) is 44.3 Å². The van der Waals surface area contributed by atoms with E-state index in [9.17, 15) is 4.39 Å². The minimum atomic E-state index is -0.177. The zero-order valence-electron chi connectivity index (χ0n) is 17.2. The molecular formula is C24H26FN5. The number of halogens is 1. The number of piperazine rings is 1. The average Bonchev–Trinajstić information content (AvgIpc) is 2.73. The number of nitrogens with one attached hydrogen (secondary N) is 1. The third-order valence-electron chi connectivity index (χ3n) is 5.97.